The summed E-state index contributed by atoms with van der Waals surface area (Å²) in [6.45, 7) is 4.51. The molecule has 0 aliphatic carbocycles. The Labute approximate surface area is 186 Å². The lowest BCUT2D eigenvalue weighted by Gasteiger charge is -2.09. The van der Waals surface area contributed by atoms with Gasteiger partial charge in [-0.2, -0.15) is 0 Å². The van der Waals surface area contributed by atoms with Gasteiger partial charge in [0.2, 0.25) is 0 Å². The van der Waals surface area contributed by atoms with Crippen LogP contribution in [0.25, 0.3) is 0 Å². The average molecular weight is 443 g/mol. The molecule has 31 heavy (non-hydrogen) atoms. The van der Waals surface area contributed by atoms with Crippen molar-refractivity contribution < 1.29 is 28.5 Å². The minimum atomic E-state index is -0.373. The highest BCUT2D eigenvalue weighted by molar-refractivity contribution is 7.99. The lowest BCUT2D eigenvalue weighted by molar-refractivity contribution is -0.139. The fourth-order valence-corrected chi connectivity index (χ4v) is 3.13. The number of carbonyl (C=O) groups is 2. The van der Waals surface area contributed by atoms with Crippen LogP contribution in [0.15, 0.2) is 82.6 Å². The van der Waals surface area contributed by atoms with E-state index in [9.17, 15) is 9.59 Å². The van der Waals surface area contributed by atoms with E-state index in [0.717, 1.165) is 9.79 Å². The summed E-state index contributed by atoms with van der Waals surface area (Å²) in [7, 11) is 0. The van der Waals surface area contributed by atoms with Gasteiger partial charge in [0.15, 0.2) is 0 Å². The van der Waals surface area contributed by atoms with Gasteiger partial charge in [0.25, 0.3) is 0 Å². The number of hydrogen-bond donors (Lipinski definition) is 0. The Morgan fingerprint density at radius 1 is 0.677 bits per heavy atom. The molecule has 0 bridgehead atoms. The van der Waals surface area contributed by atoms with Crippen LogP contribution in [-0.4, -0.2) is 38.4 Å². The van der Waals surface area contributed by atoms with Crippen LogP contribution in [0, 0.1) is 0 Å². The standard InChI is InChI=1S/C24H26O6S/c1-3-5-23(25)29-17-15-27-19-7-11-21(12-8-19)31-22-13-9-20(10-14-22)28-16-18-30-24(26)6-4-2/h3-14H,15-18H2,1-2H3. The first-order chi connectivity index (χ1) is 15.1. The van der Waals surface area contributed by atoms with E-state index in [0.29, 0.717) is 24.7 Å². The monoisotopic (exact) mass is 442 g/mol. The number of esters is 2. The van der Waals surface area contributed by atoms with Gasteiger partial charge in [-0.05, 0) is 62.4 Å². The van der Waals surface area contributed by atoms with Crippen LogP contribution in [0.2, 0.25) is 0 Å². The molecule has 0 unspecified atom stereocenters. The topological polar surface area (TPSA) is 71.1 Å². The molecule has 2 aromatic rings. The molecule has 0 spiro atoms. The molecule has 0 fully saturated rings. The van der Waals surface area contributed by atoms with E-state index >= 15 is 0 Å². The van der Waals surface area contributed by atoms with Crippen LogP contribution >= 0.6 is 11.8 Å². The first kappa shape index (κ1) is 24.1. The molecule has 7 heteroatoms. The Balaban J connectivity index is 1.71. The van der Waals surface area contributed by atoms with Crippen molar-refractivity contribution in [2.24, 2.45) is 0 Å². The fraction of sp³-hybridized carbons (Fsp3) is 0.250. The summed E-state index contributed by atoms with van der Waals surface area (Å²) in [6.07, 6.45) is 6.00. The quantitative estimate of drug-likeness (QED) is 0.265. The van der Waals surface area contributed by atoms with E-state index in [4.69, 9.17) is 18.9 Å². The first-order valence-corrected chi connectivity index (χ1v) is 10.6. The molecule has 2 aromatic carbocycles. The molecule has 0 radical (unpaired) electrons. The van der Waals surface area contributed by atoms with E-state index in [1.54, 1.807) is 37.8 Å². The van der Waals surface area contributed by atoms with Gasteiger partial charge in [-0.1, -0.05) is 23.9 Å². The highest BCUT2D eigenvalue weighted by Gasteiger charge is 2.02. The molecule has 0 atom stereocenters. The predicted molar refractivity (Wildman–Crippen MR) is 120 cm³/mol. The highest BCUT2D eigenvalue weighted by Crippen LogP contribution is 2.30. The smallest absolute Gasteiger partial charge is 0.330 e. The van der Waals surface area contributed by atoms with Gasteiger partial charge in [-0.15, -0.1) is 0 Å². The van der Waals surface area contributed by atoms with Gasteiger partial charge in [-0.3, -0.25) is 0 Å². The van der Waals surface area contributed by atoms with Crippen molar-refractivity contribution in [1.29, 1.82) is 0 Å². The van der Waals surface area contributed by atoms with E-state index in [-0.39, 0.29) is 25.2 Å². The van der Waals surface area contributed by atoms with Crippen molar-refractivity contribution in [3.8, 4) is 11.5 Å². The molecule has 0 aromatic heterocycles. The molecule has 164 valence electrons. The van der Waals surface area contributed by atoms with Crippen molar-refractivity contribution in [1.82, 2.24) is 0 Å². The Bertz CT molecular complexity index is 798. The van der Waals surface area contributed by atoms with E-state index in [1.807, 2.05) is 48.5 Å². The van der Waals surface area contributed by atoms with Crippen molar-refractivity contribution in [2.45, 2.75) is 23.6 Å². The summed E-state index contributed by atoms with van der Waals surface area (Å²) in [5.41, 5.74) is 0. The van der Waals surface area contributed by atoms with Crippen molar-refractivity contribution >= 4 is 23.7 Å². The van der Waals surface area contributed by atoms with Gasteiger partial charge in [0.05, 0.1) is 0 Å². The minimum Gasteiger partial charge on any atom is -0.490 e. The Kier molecular flexibility index (Phi) is 10.8. The van der Waals surface area contributed by atoms with Crippen LogP contribution in [0.1, 0.15) is 13.8 Å². The summed E-state index contributed by atoms with van der Waals surface area (Å²) in [5, 5.41) is 0. The van der Waals surface area contributed by atoms with Crippen molar-refractivity contribution in [2.75, 3.05) is 26.4 Å². The Hall–Kier alpha value is -3.19. The summed E-state index contributed by atoms with van der Waals surface area (Å²) in [6, 6.07) is 15.4. The number of ether oxygens (including phenoxy) is 4. The van der Waals surface area contributed by atoms with Crippen LogP contribution in [0.3, 0.4) is 0 Å². The van der Waals surface area contributed by atoms with Gasteiger partial charge in [0, 0.05) is 21.9 Å². The van der Waals surface area contributed by atoms with Gasteiger partial charge < -0.3 is 18.9 Å². The second-order valence-corrected chi connectivity index (χ2v) is 7.22. The SMILES string of the molecule is CC=CC(=O)OCCOc1ccc(Sc2ccc(OCCOC(=O)C=CC)cc2)cc1. The maximum Gasteiger partial charge on any atom is 0.330 e. The van der Waals surface area contributed by atoms with Crippen LogP contribution in [0.5, 0.6) is 11.5 Å². The maximum atomic E-state index is 11.2. The van der Waals surface area contributed by atoms with Crippen LogP contribution in [0.4, 0.5) is 0 Å². The zero-order chi connectivity index (χ0) is 22.3. The van der Waals surface area contributed by atoms with E-state index < -0.39 is 0 Å². The molecule has 0 aliphatic heterocycles. The molecule has 0 saturated carbocycles. The van der Waals surface area contributed by atoms with Crippen molar-refractivity contribution in [3.05, 3.63) is 72.8 Å². The first-order valence-electron chi connectivity index (χ1n) is 9.83. The summed E-state index contributed by atoms with van der Waals surface area (Å²) in [4.78, 5) is 24.6. The third-order valence-corrected chi connectivity index (χ3v) is 4.70. The maximum absolute atomic E-state index is 11.2. The van der Waals surface area contributed by atoms with Gasteiger partial charge >= 0.3 is 11.9 Å². The second-order valence-electron chi connectivity index (χ2n) is 6.08. The summed E-state index contributed by atoms with van der Waals surface area (Å²) in [5.74, 6) is 0.680. The average Bonchev–Trinajstić information content (AvgIpc) is 2.77. The van der Waals surface area contributed by atoms with Gasteiger partial charge in [0.1, 0.15) is 37.9 Å². The molecular formula is C24H26O6S. The second kappa shape index (κ2) is 13.9. The fourth-order valence-electron chi connectivity index (χ4n) is 2.32. The summed E-state index contributed by atoms with van der Waals surface area (Å²) < 4.78 is 21.1. The van der Waals surface area contributed by atoms with Gasteiger partial charge in [-0.25, -0.2) is 9.59 Å². The van der Waals surface area contributed by atoms with E-state index in [1.165, 1.54) is 12.2 Å². The number of benzene rings is 2. The molecule has 0 heterocycles. The molecule has 0 N–H and O–H groups in total. The molecule has 0 amide bonds. The molecule has 0 saturated heterocycles. The molecule has 2 rings (SSSR count). The normalized spacial score (nSPS) is 10.9. The Morgan fingerprint density at radius 3 is 1.42 bits per heavy atom. The summed E-state index contributed by atoms with van der Waals surface area (Å²) >= 11 is 1.62. The van der Waals surface area contributed by atoms with Crippen LogP contribution < -0.4 is 9.47 Å². The third-order valence-electron chi connectivity index (χ3n) is 3.68. The van der Waals surface area contributed by atoms with Crippen molar-refractivity contribution in [3.63, 3.8) is 0 Å². The minimum absolute atomic E-state index is 0.201. The predicted octanol–water partition coefficient (Wildman–Crippen LogP) is 4.83. The lowest BCUT2D eigenvalue weighted by Crippen LogP contribution is -2.10. The zero-order valence-electron chi connectivity index (χ0n) is 17.6. The zero-order valence-corrected chi connectivity index (χ0v) is 18.4. The van der Waals surface area contributed by atoms with Crippen LogP contribution in [-0.2, 0) is 19.1 Å². The molecule has 0 aliphatic rings. The molecular weight excluding hydrogens is 416 g/mol. The highest BCUT2D eigenvalue weighted by atomic mass is 32.2. The van der Waals surface area contributed by atoms with E-state index in [2.05, 4.69) is 0 Å². The number of rotatable bonds is 12. The number of carbonyl (C=O) groups excluding carboxylic acids is 2. The third kappa shape index (κ3) is 9.91. The largest absolute Gasteiger partial charge is 0.490 e. The lowest BCUT2D eigenvalue weighted by atomic mass is 10.3. The number of allylic oxidation sites excluding steroid dienone is 2. The Morgan fingerprint density at radius 2 is 1.06 bits per heavy atom. The molecule has 6 nitrogen and oxygen atoms in total. The number of hydrogen-bond acceptors (Lipinski definition) is 7.